The number of methoxy groups -OCH3 is 1. The van der Waals surface area contributed by atoms with Crippen molar-refractivity contribution < 1.29 is 18.7 Å². The number of hydrogen-bond acceptors (Lipinski definition) is 4. The number of carbonyl (C=O) groups is 1. The van der Waals surface area contributed by atoms with E-state index in [4.69, 9.17) is 9.47 Å². The van der Waals surface area contributed by atoms with Gasteiger partial charge in [0.15, 0.2) is 11.5 Å². The highest BCUT2D eigenvalue weighted by atomic mass is 127. The topological polar surface area (TPSA) is 71.3 Å². The van der Waals surface area contributed by atoms with Crippen LogP contribution in [0.1, 0.15) is 18.9 Å². The van der Waals surface area contributed by atoms with Crippen molar-refractivity contribution in [2.75, 3.05) is 19.0 Å². The van der Waals surface area contributed by atoms with Crippen LogP contribution in [0, 0.1) is 20.7 Å². The Kier molecular flexibility index (Phi) is 7.61. The molecule has 5 nitrogen and oxygen atoms in total. The number of ether oxygens (including phenoxy) is 2. The molecule has 0 aliphatic heterocycles. The second-order valence-corrected chi connectivity index (χ2v) is 6.65. The summed E-state index contributed by atoms with van der Waals surface area (Å²) in [5, 5.41) is 11.7. The number of nitrogens with zero attached hydrogens (tertiary/aromatic N) is 1. The van der Waals surface area contributed by atoms with E-state index in [0.717, 1.165) is 9.99 Å². The van der Waals surface area contributed by atoms with Crippen molar-refractivity contribution in [1.29, 1.82) is 5.26 Å². The van der Waals surface area contributed by atoms with Gasteiger partial charge in [0, 0.05) is 0 Å². The SMILES string of the molecule is CCCOc1c(I)cc(/C=C(\C#N)C(=O)Nc2ccccc2F)cc1OC. The van der Waals surface area contributed by atoms with E-state index in [1.54, 1.807) is 18.2 Å². The molecule has 0 fully saturated rings. The van der Waals surface area contributed by atoms with E-state index in [1.807, 2.05) is 13.0 Å². The second-order valence-electron chi connectivity index (χ2n) is 5.49. The number of rotatable bonds is 7. The number of para-hydroxylation sites is 1. The first kappa shape index (κ1) is 20.7. The summed E-state index contributed by atoms with van der Waals surface area (Å²) in [7, 11) is 1.52. The molecule has 0 saturated carbocycles. The van der Waals surface area contributed by atoms with E-state index in [0.29, 0.717) is 23.7 Å². The van der Waals surface area contributed by atoms with Crippen LogP contribution in [0.2, 0.25) is 0 Å². The fourth-order valence-corrected chi connectivity index (χ4v) is 3.02. The van der Waals surface area contributed by atoms with Crippen molar-refractivity contribution in [2.24, 2.45) is 0 Å². The lowest BCUT2D eigenvalue weighted by molar-refractivity contribution is -0.112. The summed E-state index contributed by atoms with van der Waals surface area (Å²) in [5.41, 5.74) is 0.456. The molecule has 27 heavy (non-hydrogen) atoms. The molecule has 1 amide bonds. The van der Waals surface area contributed by atoms with Crippen LogP contribution in [0.4, 0.5) is 10.1 Å². The summed E-state index contributed by atoms with van der Waals surface area (Å²) < 4.78 is 25.5. The predicted molar refractivity (Wildman–Crippen MR) is 110 cm³/mol. The fourth-order valence-electron chi connectivity index (χ4n) is 2.23. The molecule has 1 N–H and O–H groups in total. The average molecular weight is 480 g/mol. The summed E-state index contributed by atoms with van der Waals surface area (Å²) in [6, 6.07) is 11.1. The van der Waals surface area contributed by atoms with Crippen LogP contribution in [0.25, 0.3) is 6.08 Å². The average Bonchev–Trinajstić information content (AvgIpc) is 2.66. The van der Waals surface area contributed by atoms with E-state index in [9.17, 15) is 14.4 Å². The minimum Gasteiger partial charge on any atom is -0.493 e. The summed E-state index contributed by atoms with van der Waals surface area (Å²) >= 11 is 2.11. The Morgan fingerprint density at radius 3 is 2.74 bits per heavy atom. The number of nitrogens with one attached hydrogen (secondary N) is 1. The Bertz CT molecular complexity index is 907. The molecule has 2 aromatic rings. The van der Waals surface area contributed by atoms with Crippen molar-refractivity contribution >= 4 is 40.3 Å². The van der Waals surface area contributed by atoms with Crippen molar-refractivity contribution in [3.8, 4) is 17.6 Å². The lowest BCUT2D eigenvalue weighted by Crippen LogP contribution is -2.14. The molecule has 140 valence electrons. The molecule has 0 aromatic heterocycles. The Labute approximate surface area is 170 Å². The van der Waals surface area contributed by atoms with Crippen molar-refractivity contribution in [3.05, 3.63) is 56.9 Å². The first-order valence-corrected chi connectivity index (χ1v) is 9.26. The first-order chi connectivity index (χ1) is 13.0. The fraction of sp³-hybridized carbons (Fsp3) is 0.200. The zero-order valence-corrected chi connectivity index (χ0v) is 17.0. The molecule has 2 aromatic carbocycles. The third-order valence-electron chi connectivity index (χ3n) is 3.50. The molecule has 0 atom stereocenters. The zero-order chi connectivity index (χ0) is 19.8. The monoisotopic (exact) mass is 480 g/mol. The number of anilines is 1. The Balaban J connectivity index is 2.31. The van der Waals surface area contributed by atoms with Gasteiger partial charge in [-0.15, -0.1) is 0 Å². The van der Waals surface area contributed by atoms with Gasteiger partial charge in [-0.25, -0.2) is 4.39 Å². The highest BCUT2D eigenvalue weighted by Gasteiger charge is 2.14. The van der Waals surface area contributed by atoms with Crippen LogP contribution in [0.5, 0.6) is 11.5 Å². The molecule has 0 unspecified atom stereocenters. The molecule has 0 saturated heterocycles. The first-order valence-electron chi connectivity index (χ1n) is 8.18. The van der Waals surface area contributed by atoms with Gasteiger partial charge in [0.25, 0.3) is 5.91 Å². The number of amides is 1. The number of benzene rings is 2. The number of hydrogen-bond donors (Lipinski definition) is 1. The van der Waals surface area contributed by atoms with Gasteiger partial charge in [-0.05, 0) is 64.9 Å². The molecule has 7 heteroatoms. The number of nitriles is 1. The van der Waals surface area contributed by atoms with Crippen LogP contribution in [0.3, 0.4) is 0 Å². The molecular formula is C20H18FIN2O3. The van der Waals surface area contributed by atoms with E-state index in [2.05, 4.69) is 27.9 Å². The molecule has 0 aliphatic rings. The summed E-state index contributed by atoms with van der Waals surface area (Å²) in [4.78, 5) is 12.3. The normalized spacial score (nSPS) is 10.9. The molecular weight excluding hydrogens is 462 g/mol. The standard InChI is InChI=1S/C20H18FIN2O3/c1-3-8-27-19-16(22)10-13(11-18(19)26-2)9-14(12-23)20(25)24-17-7-5-4-6-15(17)21/h4-7,9-11H,3,8H2,1-2H3,(H,24,25)/b14-9+. The van der Waals surface area contributed by atoms with E-state index in [-0.39, 0.29) is 11.3 Å². The highest BCUT2D eigenvalue weighted by Crippen LogP contribution is 2.34. The van der Waals surface area contributed by atoms with Crippen molar-refractivity contribution in [1.82, 2.24) is 0 Å². The predicted octanol–water partition coefficient (Wildman–Crippen LogP) is 4.77. The summed E-state index contributed by atoms with van der Waals surface area (Å²) in [6.07, 6.45) is 2.28. The lowest BCUT2D eigenvalue weighted by atomic mass is 10.1. The van der Waals surface area contributed by atoms with Crippen molar-refractivity contribution in [2.45, 2.75) is 13.3 Å². The number of carbonyl (C=O) groups excluding carboxylic acids is 1. The van der Waals surface area contributed by atoms with Gasteiger partial charge < -0.3 is 14.8 Å². The molecule has 0 heterocycles. The van der Waals surface area contributed by atoms with Crippen LogP contribution in [0.15, 0.2) is 42.0 Å². The summed E-state index contributed by atoms with van der Waals surface area (Å²) in [6.45, 7) is 2.56. The van der Waals surface area contributed by atoms with E-state index < -0.39 is 11.7 Å². The third kappa shape index (κ3) is 5.44. The lowest BCUT2D eigenvalue weighted by Gasteiger charge is -2.13. The van der Waals surface area contributed by atoms with E-state index >= 15 is 0 Å². The quantitative estimate of drug-likeness (QED) is 0.352. The van der Waals surface area contributed by atoms with Gasteiger partial charge in [-0.3, -0.25) is 4.79 Å². The third-order valence-corrected chi connectivity index (χ3v) is 4.30. The smallest absolute Gasteiger partial charge is 0.266 e. The molecule has 0 aliphatic carbocycles. The van der Waals surface area contributed by atoms with Gasteiger partial charge >= 0.3 is 0 Å². The van der Waals surface area contributed by atoms with Crippen LogP contribution in [-0.2, 0) is 4.79 Å². The van der Waals surface area contributed by atoms with Gasteiger partial charge in [0.1, 0.15) is 17.5 Å². The minimum absolute atomic E-state index is 0.0131. The van der Waals surface area contributed by atoms with E-state index in [1.165, 1.54) is 31.4 Å². The molecule has 2 rings (SSSR count). The molecule has 0 bridgehead atoms. The summed E-state index contributed by atoms with van der Waals surface area (Å²) in [5.74, 6) is -0.139. The highest BCUT2D eigenvalue weighted by molar-refractivity contribution is 14.1. The Morgan fingerprint density at radius 1 is 1.37 bits per heavy atom. The van der Waals surface area contributed by atoms with Crippen LogP contribution < -0.4 is 14.8 Å². The van der Waals surface area contributed by atoms with Gasteiger partial charge in [-0.2, -0.15) is 5.26 Å². The minimum atomic E-state index is -0.692. The zero-order valence-electron chi connectivity index (χ0n) is 14.9. The van der Waals surface area contributed by atoms with Gasteiger partial charge in [0.05, 0.1) is 23.0 Å². The molecule has 0 spiro atoms. The van der Waals surface area contributed by atoms with Crippen molar-refractivity contribution in [3.63, 3.8) is 0 Å². The molecule has 0 radical (unpaired) electrons. The maximum absolute atomic E-state index is 13.7. The Hall–Kier alpha value is -2.60. The maximum atomic E-state index is 13.7. The number of halogens is 2. The van der Waals surface area contributed by atoms with Gasteiger partial charge in [0.2, 0.25) is 0 Å². The Morgan fingerprint density at radius 2 is 2.11 bits per heavy atom. The second kappa shape index (κ2) is 9.92. The van der Waals surface area contributed by atoms with Crippen LogP contribution in [-0.4, -0.2) is 19.6 Å². The van der Waals surface area contributed by atoms with Gasteiger partial charge in [-0.1, -0.05) is 19.1 Å². The maximum Gasteiger partial charge on any atom is 0.266 e. The van der Waals surface area contributed by atoms with Crippen LogP contribution >= 0.6 is 22.6 Å². The largest absolute Gasteiger partial charge is 0.493 e.